The van der Waals surface area contributed by atoms with Gasteiger partial charge in [0, 0.05) is 5.39 Å². The second-order valence-electron chi connectivity index (χ2n) is 5.32. The van der Waals surface area contributed by atoms with Gasteiger partial charge in [-0.1, -0.05) is 42.5 Å². The first-order chi connectivity index (χ1) is 10.6. The van der Waals surface area contributed by atoms with Crippen molar-refractivity contribution in [2.75, 3.05) is 0 Å². The molecule has 0 aliphatic heterocycles. The van der Waals surface area contributed by atoms with Gasteiger partial charge < -0.3 is 5.11 Å². The van der Waals surface area contributed by atoms with E-state index in [9.17, 15) is 5.11 Å². The summed E-state index contributed by atoms with van der Waals surface area (Å²) in [5.74, 6) is 0. The summed E-state index contributed by atoms with van der Waals surface area (Å²) in [6.45, 7) is 3.65. The van der Waals surface area contributed by atoms with Gasteiger partial charge in [-0.15, -0.1) is 0 Å². The zero-order chi connectivity index (χ0) is 15.5. The molecule has 1 aromatic heterocycles. The zero-order valence-electron chi connectivity index (χ0n) is 12.7. The Labute approximate surface area is 130 Å². The Morgan fingerprint density at radius 2 is 1.73 bits per heavy atom. The third-order valence-electron chi connectivity index (χ3n) is 3.62. The van der Waals surface area contributed by atoms with Gasteiger partial charge in [-0.3, -0.25) is 4.99 Å². The Balaban J connectivity index is 2.05. The summed E-state index contributed by atoms with van der Waals surface area (Å²) in [6, 6.07) is 19.9. The molecular formula is C19H18N2O. The van der Waals surface area contributed by atoms with E-state index in [1.54, 1.807) is 6.92 Å². The highest BCUT2D eigenvalue weighted by atomic mass is 16.3. The maximum absolute atomic E-state index is 9.66. The van der Waals surface area contributed by atoms with Crippen molar-refractivity contribution < 1.29 is 5.11 Å². The van der Waals surface area contributed by atoms with Gasteiger partial charge >= 0.3 is 0 Å². The van der Waals surface area contributed by atoms with Gasteiger partial charge in [0.25, 0.3) is 0 Å². The number of pyridine rings is 1. The summed E-state index contributed by atoms with van der Waals surface area (Å²) < 4.78 is 0. The molecule has 0 spiro atoms. The highest BCUT2D eigenvalue weighted by Gasteiger charge is 2.06. The normalized spacial score (nSPS) is 13.3. The fraction of sp³-hybridized carbons (Fsp3) is 0.158. The van der Waals surface area contributed by atoms with Gasteiger partial charge in [-0.2, -0.15) is 0 Å². The molecule has 3 aromatic rings. The number of nitrogens with zero attached hydrogens (tertiary/aromatic N) is 2. The first kappa shape index (κ1) is 14.4. The van der Waals surface area contributed by atoms with Crippen LogP contribution in [0.1, 0.15) is 31.3 Å². The molecule has 110 valence electrons. The van der Waals surface area contributed by atoms with Crippen molar-refractivity contribution in [1.29, 1.82) is 0 Å². The number of fused-ring (bicyclic) bond motifs is 1. The summed E-state index contributed by atoms with van der Waals surface area (Å²) in [7, 11) is 0. The molecule has 0 fully saturated rings. The van der Waals surface area contributed by atoms with Crippen molar-refractivity contribution in [2.24, 2.45) is 4.99 Å². The van der Waals surface area contributed by atoms with E-state index >= 15 is 0 Å². The van der Waals surface area contributed by atoms with Crippen LogP contribution in [0.25, 0.3) is 10.8 Å². The number of aliphatic imine (C=N–C) groups is 1. The lowest BCUT2D eigenvalue weighted by Gasteiger charge is -2.07. The predicted molar refractivity (Wildman–Crippen MR) is 90.7 cm³/mol. The number of aliphatic hydroxyl groups is 1. The second-order valence-corrected chi connectivity index (χ2v) is 5.32. The Kier molecular flexibility index (Phi) is 3.98. The van der Waals surface area contributed by atoms with Crippen LogP contribution < -0.4 is 0 Å². The average Bonchev–Trinajstić information content (AvgIpc) is 2.55. The summed E-state index contributed by atoms with van der Waals surface area (Å²) in [4.78, 5) is 9.20. The summed E-state index contributed by atoms with van der Waals surface area (Å²) in [5.41, 5.74) is 3.20. The molecule has 22 heavy (non-hydrogen) atoms. The van der Waals surface area contributed by atoms with E-state index in [-0.39, 0.29) is 0 Å². The Morgan fingerprint density at radius 3 is 2.55 bits per heavy atom. The molecule has 0 amide bonds. The van der Waals surface area contributed by atoms with Crippen molar-refractivity contribution >= 4 is 22.2 Å². The van der Waals surface area contributed by atoms with Crippen LogP contribution in [-0.2, 0) is 0 Å². The molecule has 3 heteroatoms. The predicted octanol–water partition coefficient (Wildman–Crippen LogP) is 4.43. The van der Waals surface area contributed by atoms with Crippen LogP contribution in [0.4, 0.5) is 5.69 Å². The van der Waals surface area contributed by atoms with E-state index in [2.05, 4.69) is 23.2 Å². The minimum Gasteiger partial charge on any atom is -0.387 e. The van der Waals surface area contributed by atoms with Crippen LogP contribution in [0.15, 0.2) is 65.7 Å². The van der Waals surface area contributed by atoms with Crippen molar-refractivity contribution in [1.82, 2.24) is 4.98 Å². The lowest BCUT2D eigenvalue weighted by Crippen LogP contribution is -2.03. The maximum atomic E-state index is 9.66. The van der Waals surface area contributed by atoms with Gasteiger partial charge in [0.1, 0.15) is 0 Å². The van der Waals surface area contributed by atoms with Crippen LogP contribution in [0.2, 0.25) is 0 Å². The molecule has 3 nitrogen and oxygen atoms in total. The number of hydrogen-bond donors (Lipinski definition) is 1. The van der Waals surface area contributed by atoms with Gasteiger partial charge in [0.15, 0.2) is 0 Å². The highest BCUT2D eigenvalue weighted by Crippen LogP contribution is 2.26. The fourth-order valence-corrected chi connectivity index (χ4v) is 2.43. The number of hydrogen-bond acceptors (Lipinski definition) is 3. The standard InChI is InChI=1S/C19H18N2O/c1-13(17-10-6-11-18(21-17)14(2)22)20-19-12-5-8-15-7-3-4-9-16(15)19/h3-12,14,22H,1-2H3. The molecule has 0 aliphatic rings. The topological polar surface area (TPSA) is 45.5 Å². The third kappa shape index (κ3) is 2.90. The van der Waals surface area contributed by atoms with Crippen LogP contribution in [0.3, 0.4) is 0 Å². The van der Waals surface area contributed by atoms with Crippen LogP contribution in [0.5, 0.6) is 0 Å². The van der Waals surface area contributed by atoms with Gasteiger partial charge in [-0.05, 0) is 37.4 Å². The van der Waals surface area contributed by atoms with Gasteiger partial charge in [-0.25, -0.2) is 4.98 Å². The van der Waals surface area contributed by atoms with Crippen molar-refractivity contribution in [3.63, 3.8) is 0 Å². The van der Waals surface area contributed by atoms with Crippen molar-refractivity contribution in [2.45, 2.75) is 20.0 Å². The Hall–Kier alpha value is -2.52. The number of aliphatic hydroxyl groups excluding tert-OH is 1. The lowest BCUT2D eigenvalue weighted by atomic mass is 10.1. The number of rotatable bonds is 3. The van der Waals surface area contributed by atoms with Crippen LogP contribution in [-0.4, -0.2) is 15.8 Å². The molecule has 0 bridgehead atoms. The molecule has 0 saturated carbocycles. The number of aromatic nitrogens is 1. The molecular weight excluding hydrogens is 272 g/mol. The van der Waals surface area contributed by atoms with Crippen molar-refractivity contribution in [3.8, 4) is 0 Å². The smallest absolute Gasteiger partial charge is 0.0932 e. The van der Waals surface area contributed by atoms with E-state index in [0.29, 0.717) is 5.69 Å². The molecule has 1 N–H and O–H groups in total. The second kappa shape index (κ2) is 6.08. The Morgan fingerprint density at radius 1 is 1.00 bits per heavy atom. The molecule has 1 atom stereocenters. The van der Waals surface area contributed by atoms with Crippen LogP contribution >= 0.6 is 0 Å². The SMILES string of the molecule is CC(=Nc1cccc2ccccc12)c1cccc(C(C)O)n1. The molecule has 3 rings (SSSR count). The molecule has 0 saturated heterocycles. The van der Waals surface area contributed by atoms with Gasteiger partial charge in [0.05, 0.1) is 28.9 Å². The molecule has 1 unspecified atom stereocenters. The molecule has 2 aromatic carbocycles. The first-order valence-electron chi connectivity index (χ1n) is 7.33. The first-order valence-corrected chi connectivity index (χ1v) is 7.33. The summed E-state index contributed by atoms with van der Waals surface area (Å²) >= 11 is 0. The fourth-order valence-electron chi connectivity index (χ4n) is 2.43. The summed E-state index contributed by atoms with van der Waals surface area (Å²) in [6.07, 6.45) is -0.578. The van der Waals surface area contributed by atoms with E-state index in [1.807, 2.05) is 49.4 Å². The minimum absolute atomic E-state index is 0.578. The van der Waals surface area contributed by atoms with Gasteiger partial charge in [0.2, 0.25) is 0 Å². The largest absolute Gasteiger partial charge is 0.387 e. The maximum Gasteiger partial charge on any atom is 0.0932 e. The lowest BCUT2D eigenvalue weighted by molar-refractivity contribution is 0.194. The van der Waals surface area contributed by atoms with Crippen LogP contribution in [0, 0.1) is 0 Å². The zero-order valence-corrected chi connectivity index (χ0v) is 12.7. The minimum atomic E-state index is -0.578. The molecule has 0 radical (unpaired) electrons. The average molecular weight is 290 g/mol. The van der Waals surface area contributed by atoms with E-state index in [4.69, 9.17) is 4.99 Å². The van der Waals surface area contributed by atoms with Crippen molar-refractivity contribution in [3.05, 3.63) is 72.1 Å². The Bertz CT molecular complexity index is 832. The quantitative estimate of drug-likeness (QED) is 0.725. The van der Waals surface area contributed by atoms with E-state index < -0.39 is 6.10 Å². The third-order valence-corrected chi connectivity index (χ3v) is 3.62. The monoisotopic (exact) mass is 290 g/mol. The molecule has 1 heterocycles. The molecule has 0 aliphatic carbocycles. The summed E-state index contributed by atoms with van der Waals surface area (Å²) in [5, 5.41) is 11.9. The highest BCUT2D eigenvalue weighted by molar-refractivity contribution is 6.02. The van der Waals surface area contributed by atoms with E-state index in [1.165, 1.54) is 5.39 Å². The number of benzene rings is 2. The van der Waals surface area contributed by atoms with E-state index in [0.717, 1.165) is 22.5 Å².